The lowest BCUT2D eigenvalue weighted by Gasteiger charge is -1.92. The second kappa shape index (κ2) is 7.80. The Morgan fingerprint density at radius 3 is 2.09 bits per heavy atom. The number of alkyl halides is 1. The quantitative estimate of drug-likeness (QED) is 0.660. The number of rotatable bonds is 2. The van der Waals surface area contributed by atoms with E-state index < -0.39 is 0 Å². The molecule has 0 aliphatic rings. The third kappa shape index (κ3) is 5.02. The number of aryl methyl sites for hydroxylation is 1. The molecule has 0 aliphatic heterocycles. The SMILES string of the molecule is BrCCc1ccccc1.CC. The van der Waals surface area contributed by atoms with E-state index in [0.29, 0.717) is 0 Å². The molecule has 0 saturated heterocycles. The van der Waals surface area contributed by atoms with Gasteiger partial charge < -0.3 is 0 Å². The molecule has 0 atom stereocenters. The van der Waals surface area contributed by atoms with E-state index in [1.165, 1.54) is 5.56 Å². The molecule has 1 aromatic carbocycles. The zero-order valence-corrected chi connectivity index (χ0v) is 8.76. The Bertz CT molecular complexity index is 158. The standard InChI is InChI=1S/C8H9Br.C2H6/c9-7-6-8-4-2-1-3-5-8;1-2/h1-5H,6-7H2;1-2H3. The monoisotopic (exact) mass is 214 g/mol. The second-order valence-corrected chi connectivity index (χ2v) is 2.72. The van der Waals surface area contributed by atoms with Crippen LogP contribution in [0.2, 0.25) is 0 Å². The third-order valence-corrected chi connectivity index (χ3v) is 1.62. The Hall–Kier alpha value is -0.300. The molecule has 1 aromatic rings. The van der Waals surface area contributed by atoms with Crippen molar-refractivity contribution in [2.75, 3.05) is 5.33 Å². The molecule has 0 radical (unpaired) electrons. The maximum absolute atomic E-state index is 3.39. The van der Waals surface area contributed by atoms with Crippen molar-refractivity contribution < 1.29 is 0 Å². The first kappa shape index (κ1) is 10.7. The van der Waals surface area contributed by atoms with E-state index in [9.17, 15) is 0 Å². The summed E-state index contributed by atoms with van der Waals surface area (Å²) in [5, 5.41) is 1.05. The minimum Gasteiger partial charge on any atom is -0.0924 e. The zero-order chi connectivity index (χ0) is 8.53. The fraction of sp³-hybridized carbons (Fsp3) is 0.400. The summed E-state index contributed by atoms with van der Waals surface area (Å²) >= 11 is 3.39. The molecular weight excluding hydrogens is 200 g/mol. The Kier molecular flexibility index (Phi) is 7.59. The summed E-state index contributed by atoms with van der Waals surface area (Å²) in [7, 11) is 0. The lowest BCUT2D eigenvalue weighted by Crippen LogP contribution is -1.82. The van der Waals surface area contributed by atoms with Crippen LogP contribution in [-0.4, -0.2) is 5.33 Å². The van der Waals surface area contributed by atoms with Gasteiger partial charge in [-0.2, -0.15) is 0 Å². The Labute approximate surface area is 77.8 Å². The summed E-state index contributed by atoms with van der Waals surface area (Å²) in [5.74, 6) is 0. The lowest BCUT2D eigenvalue weighted by atomic mass is 10.2. The molecular formula is C10H15Br. The van der Waals surface area contributed by atoms with Crippen LogP contribution < -0.4 is 0 Å². The minimum atomic E-state index is 1.05. The summed E-state index contributed by atoms with van der Waals surface area (Å²) in [6, 6.07) is 10.5. The van der Waals surface area contributed by atoms with E-state index in [1.807, 2.05) is 19.9 Å². The second-order valence-electron chi connectivity index (χ2n) is 1.92. The first-order valence-corrected chi connectivity index (χ1v) is 5.15. The van der Waals surface area contributed by atoms with E-state index in [0.717, 1.165) is 11.8 Å². The van der Waals surface area contributed by atoms with Crippen molar-refractivity contribution >= 4 is 15.9 Å². The fourth-order valence-electron chi connectivity index (χ4n) is 0.754. The Morgan fingerprint density at radius 2 is 1.64 bits per heavy atom. The normalized spacial score (nSPS) is 8.27. The maximum Gasteiger partial charge on any atom is 0.00718 e. The molecule has 11 heavy (non-hydrogen) atoms. The van der Waals surface area contributed by atoms with E-state index in [2.05, 4.69) is 40.2 Å². The summed E-state index contributed by atoms with van der Waals surface area (Å²) in [6.07, 6.45) is 1.13. The molecule has 0 unspecified atom stereocenters. The van der Waals surface area contributed by atoms with Crippen LogP contribution in [0.5, 0.6) is 0 Å². The van der Waals surface area contributed by atoms with Crippen LogP contribution in [0.3, 0.4) is 0 Å². The molecule has 0 bridgehead atoms. The minimum absolute atomic E-state index is 1.05. The average molecular weight is 215 g/mol. The molecule has 0 saturated carbocycles. The lowest BCUT2D eigenvalue weighted by molar-refractivity contribution is 1.17. The van der Waals surface area contributed by atoms with Crippen LogP contribution in [0.25, 0.3) is 0 Å². The Balaban J connectivity index is 0.000000461. The largest absolute Gasteiger partial charge is 0.0924 e. The third-order valence-electron chi connectivity index (χ3n) is 1.23. The molecule has 0 spiro atoms. The highest BCUT2D eigenvalue weighted by molar-refractivity contribution is 9.09. The van der Waals surface area contributed by atoms with Crippen LogP contribution in [0.4, 0.5) is 0 Å². The highest BCUT2D eigenvalue weighted by Gasteiger charge is 1.85. The average Bonchev–Trinajstić information content (AvgIpc) is 2.11. The summed E-state index contributed by atoms with van der Waals surface area (Å²) in [4.78, 5) is 0. The van der Waals surface area contributed by atoms with E-state index in [1.54, 1.807) is 0 Å². The van der Waals surface area contributed by atoms with Crippen molar-refractivity contribution in [1.29, 1.82) is 0 Å². The van der Waals surface area contributed by atoms with Crippen LogP contribution in [0.15, 0.2) is 30.3 Å². The van der Waals surface area contributed by atoms with Gasteiger partial charge in [0.15, 0.2) is 0 Å². The van der Waals surface area contributed by atoms with Gasteiger partial charge in [0.2, 0.25) is 0 Å². The summed E-state index contributed by atoms with van der Waals surface area (Å²) in [6.45, 7) is 4.00. The number of halogens is 1. The van der Waals surface area contributed by atoms with E-state index in [4.69, 9.17) is 0 Å². The first-order chi connectivity index (χ1) is 5.43. The highest BCUT2D eigenvalue weighted by atomic mass is 79.9. The molecule has 1 rings (SSSR count). The van der Waals surface area contributed by atoms with Crippen molar-refractivity contribution in [1.82, 2.24) is 0 Å². The molecule has 0 amide bonds. The van der Waals surface area contributed by atoms with Gasteiger partial charge in [-0.15, -0.1) is 0 Å². The van der Waals surface area contributed by atoms with Crippen molar-refractivity contribution in [3.8, 4) is 0 Å². The van der Waals surface area contributed by atoms with Gasteiger partial charge in [-0.1, -0.05) is 60.1 Å². The van der Waals surface area contributed by atoms with Gasteiger partial charge in [0.1, 0.15) is 0 Å². The van der Waals surface area contributed by atoms with Crippen molar-refractivity contribution in [2.45, 2.75) is 20.3 Å². The predicted molar refractivity (Wildman–Crippen MR) is 55.3 cm³/mol. The molecule has 62 valence electrons. The van der Waals surface area contributed by atoms with Gasteiger partial charge in [0.25, 0.3) is 0 Å². The summed E-state index contributed by atoms with van der Waals surface area (Å²) < 4.78 is 0. The molecule has 0 heterocycles. The highest BCUT2D eigenvalue weighted by Crippen LogP contribution is 2.00. The van der Waals surface area contributed by atoms with Gasteiger partial charge in [0.05, 0.1) is 0 Å². The Morgan fingerprint density at radius 1 is 1.09 bits per heavy atom. The van der Waals surface area contributed by atoms with E-state index >= 15 is 0 Å². The smallest absolute Gasteiger partial charge is 0.00718 e. The number of benzene rings is 1. The van der Waals surface area contributed by atoms with Gasteiger partial charge in [-0.05, 0) is 12.0 Å². The molecule has 0 N–H and O–H groups in total. The molecule has 0 fully saturated rings. The number of hydrogen-bond acceptors (Lipinski definition) is 0. The van der Waals surface area contributed by atoms with Crippen molar-refractivity contribution in [2.24, 2.45) is 0 Å². The van der Waals surface area contributed by atoms with Gasteiger partial charge in [-0.3, -0.25) is 0 Å². The van der Waals surface area contributed by atoms with Crippen LogP contribution >= 0.6 is 15.9 Å². The van der Waals surface area contributed by atoms with Crippen LogP contribution in [0.1, 0.15) is 19.4 Å². The van der Waals surface area contributed by atoms with Gasteiger partial charge in [-0.25, -0.2) is 0 Å². The topological polar surface area (TPSA) is 0 Å². The van der Waals surface area contributed by atoms with E-state index in [-0.39, 0.29) is 0 Å². The van der Waals surface area contributed by atoms with Crippen LogP contribution in [-0.2, 0) is 6.42 Å². The van der Waals surface area contributed by atoms with Crippen LogP contribution in [0, 0.1) is 0 Å². The zero-order valence-electron chi connectivity index (χ0n) is 7.18. The molecule has 0 aliphatic carbocycles. The predicted octanol–water partition coefficient (Wildman–Crippen LogP) is 3.65. The van der Waals surface area contributed by atoms with Gasteiger partial charge >= 0.3 is 0 Å². The number of hydrogen-bond donors (Lipinski definition) is 0. The maximum atomic E-state index is 3.39. The first-order valence-electron chi connectivity index (χ1n) is 4.03. The molecule has 0 nitrogen and oxygen atoms in total. The molecule has 1 heteroatoms. The fourth-order valence-corrected chi connectivity index (χ4v) is 1.21. The van der Waals surface area contributed by atoms with Crippen molar-refractivity contribution in [3.05, 3.63) is 35.9 Å². The van der Waals surface area contributed by atoms with Crippen molar-refractivity contribution in [3.63, 3.8) is 0 Å². The molecule has 0 aromatic heterocycles. The van der Waals surface area contributed by atoms with Gasteiger partial charge in [0, 0.05) is 5.33 Å². The summed E-state index contributed by atoms with van der Waals surface area (Å²) in [5.41, 5.74) is 1.40.